The SMILES string of the molecule is CC(C)(C)CCSc1ccc(N)nc1. The summed E-state index contributed by atoms with van der Waals surface area (Å²) in [5, 5.41) is 0. The van der Waals surface area contributed by atoms with Gasteiger partial charge in [0.15, 0.2) is 0 Å². The molecule has 1 aromatic heterocycles. The minimum atomic E-state index is 0.411. The molecule has 0 saturated heterocycles. The van der Waals surface area contributed by atoms with E-state index >= 15 is 0 Å². The molecule has 0 bridgehead atoms. The largest absolute Gasteiger partial charge is 0.384 e. The quantitative estimate of drug-likeness (QED) is 0.779. The van der Waals surface area contributed by atoms with E-state index in [2.05, 4.69) is 25.8 Å². The third-order valence-electron chi connectivity index (χ3n) is 1.88. The van der Waals surface area contributed by atoms with Crippen LogP contribution in [-0.2, 0) is 0 Å². The zero-order valence-electron chi connectivity index (χ0n) is 9.08. The highest BCUT2D eigenvalue weighted by Gasteiger charge is 2.09. The Hall–Kier alpha value is -0.700. The van der Waals surface area contributed by atoms with Crippen LogP contribution in [0.15, 0.2) is 23.2 Å². The molecule has 0 amide bonds. The number of nitrogens with two attached hydrogens (primary N) is 1. The minimum absolute atomic E-state index is 0.411. The predicted octanol–water partition coefficient (Wildman–Crippen LogP) is 3.19. The maximum atomic E-state index is 5.50. The second-order valence-corrected chi connectivity index (χ2v) is 5.75. The van der Waals surface area contributed by atoms with Crippen molar-refractivity contribution in [3.63, 3.8) is 0 Å². The summed E-state index contributed by atoms with van der Waals surface area (Å²) in [6, 6.07) is 3.87. The molecule has 0 aromatic carbocycles. The van der Waals surface area contributed by atoms with Gasteiger partial charge >= 0.3 is 0 Å². The van der Waals surface area contributed by atoms with Gasteiger partial charge in [0.2, 0.25) is 0 Å². The van der Waals surface area contributed by atoms with E-state index in [1.54, 1.807) is 0 Å². The van der Waals surface area contributed by atoms with Crippen molar-refractivity contribution in [3.8, 4) is 0 Å². The Kier molecular flexibility index (Phi) is 3.81. The lowest BCUT2D eigenvalue weighted by Gasteiger charge is -2.17. The molecule has 14 heavy (non-hydrogen) atoms. The van der Waals surface area contributed by atoms with Gasteiger partial charge in [-0.3, -0.25) is 0 Å². The number of nitrogen functional groups attached to an aromatic ring is 1. The molecule has 2 N–H and O–H groups in total. The number of thioether (sulfide) groups is 1. The highest BCUT2D eigenvalue weighted by molar-refractivity contribution is 7.99. The molecule has 78 valence electrons. The van der Waals surface area contributed by atoms with Crippen LogP contribution in [0.2, 0.25) is 0 Å². The third-order valence-corrected chi connectivity index (χ3v) is 2.86. The maximum Gasteiger partial charge on any atom is 0.123 e. The summed E-state index contributed by atoms with van der Waals surface area (Å²) in [6.45, 7) is 6.78. The zero-order valence-corrected chi connectivity index (χ0v) is 9.90. The third kappa shape index (κ3) is 4.51. The predicted molar refractivity (Wildman–Crippen MR) is 63.4 cm³/mol. The number of rotatable bonds is 3. The molecule has 2 nitrogen and oxygen atoms in total. The molecule has 0 spiro atoms. The Bertz CT molecular complexity index is 274. The Morgan fingerprint density at radius 1 is 1.36 bits per heavy atom. The highest BCUT2D eigenvalue weighted by atomic mass is 32.2. The van der Waals surface area contributed by atoms with Gasteiger partial charge in [-0.2, -0.15) is 0 Å². The first kappa shape index (κ1) is 11.4. The first-order valence-electron chi connectivity index (χ1n) is 4.82. The van der Waals surface area contributed by atoms with E-state index in [0.717, 1.165) is 5.75 Å². The van der Waals surface area contributed by atoms with Crippen molar-refractivity contribution in [1.82, 2.24) is 4.98 Å². The van der Waals surface area contributed by atoms with Crippen LogP contribution in [0.3, 0.4) is 0 Å². The van der Waals surface area contributed by atoms with Gasteiger partial charge in [-0.15, -0.1) is 11.8 Å². The zero-order chi connectivity index (χ0) is 10.6. The van der Waals surface area contributed by atoms with Gasteiger partial charge in [-0.25, -0.2) is 4.98 Å². The number of nitrogens with zero attached hydrogens (tertiary/aromatic N) is 1. The number of pyridine rings is 1. The molecule has 0 radical (unpaired) electrons. The van der Waals surface area contributed by atoms with Crippen LogP contribution >= 0.6 is 11.8 Å². The van der Waals surface area contributed by atoms with Crippen molar-refractivity contribution in [1.29, 1.82) is 0 Å². The summed E-state index contributed by atoms with van der Waals surface area (Å²) in [6.07, 6.45) is 3.05. The molecule has 1 rings (SSSR count). The van der Waals surface area contributed by atoms with Gasteiger partial charge in [0.25, 0.3) is 0 Å². The summed E-state index contributed by atoms with van der Waals surface area (Å²) in [4.78, 5) is 5.25. The molecule has 0 aliphatic heterocycles. The van der Waals surface area contributed by atoms with Crippen LogP contribution in [0.25, 0.3) is 0 Å². The summed E-state index contributed by atoms with van der Waals surface area (Å²) < 4.78 is 0. The average Bonchev–Trinajstić information content (AvgIpc) is 2.06. The topological polar surface area (TPSA) is 38.9 Å². The molecule has 0 aliphatic rings. The first-order valence-corrected chi connectivity index (χ1v) is 5.80. The van der Waals surface area contributed by atoms with E-state index in [4.69, 9.17) is 5.73 Å². The van der Waals surface area contributed by atoms with Gasteiger partial charge in [0, 0.05) is 11.1 Å². The lowest BCUT2D eigenvalue weighted by molar-refractivity contribution is 0.401. The molecular weight excluding hydrogens is 192 g/mol. The fourth-order valence-corrected chi connectivity index (χ4v) is 2.19. The maximum absolute atomic E-state index is 5.50. The Labute approximate surface area is 90.3 Å². The van der Waals surface area contributed by atoms with Crippen LogP contribution in [0.5, 0.6) is 0 Å². The Balaban J connectivity index is 2.35. The smallest absolute Gasteiger partial charge is 0.123 e. The molecular formula is C11H18N2S. The number of aromatic nitrogens is 1. The van der Waals surface area contributed by atoms with Gasteiger partial charge in [0.1, 0.15) is 5.82 Å². The monoisotopic (exact) mass is 210 g/mol. The molecule has 0 saturated carbocycles. The van der Waals surface area contributed by atoms with E-state index < -0.39 is 0 Å². The highest BCUT2D eigenvalue weighted by Crippen LogP contribution is 2.25. The Morgan fingerprint density at radius 3 is 2.57 bits per heavy atom. The van der Waals surface area contributed by atoms with Crippen LogP contribution in [-0.4, -0.2) is 10.7 Å². The van der Waals surface area contributed by atoms with Gasteiger partial charge < -0.3 is 5.73 Å². The van der Waals surface area contributed by atoms with Crippen LogP contribution in [0, 0.1) is 5.41 Å². The second-order valence-electron chi connectivity index (χ2n) is 4.58. The summed E-state index contributed by atoms with van der Waals surface area (Å²) in [7, 11) is 0. The minimum Gasteiger partial charge on any atom is -0.384 e. The molecule has 0 aliphatic carbocycles. The van der Waals surface area contributed by atoms with Crippen molar-refractivity contribution in [2.24, 2.45) is 5.41 Å². The van der Waals surface area contributed by atoms with E-state index in [0.29, 0.717) is 11.2 Å². The van der Waals surface area contributed by atoms with Crippen molar-refractivity contribution >= 4 is 17.6 Å². The van der Waals surface area contributed by atoms with Gasteiger partial charge in [-0.1, -0.05) is 20.8 Å². The molecule has 0 atom stereocenters. The van der Waals surface area contributed by atoms with E-state index in [1.165, 1.54) is 11.3 Å². The van der Waals surface area contributed by atoms with Crippen molar-refractivity contribution in [2.75, 3.05) is 11.5 Å². The van der Waals surface area contributed by atoms with E-state index in [-0.39, 0.29) is 0 Å². The van der Waals surface area contributed by atoms with Crippen LogP contribution in [0.4, 0.5) is 5.82 Å². The fourth-order valence-electron chi connectivity index (χ4n) is 0.952. The standard InChI is InChI=1S/C11H18N2S/c1-11(2,3)6-7-14-9-4-5-10(12)13-8-9/h4-5,8H,6-7H2,1-3H3,(H2,12,13). The molecule has 1 aromatic rings. The molecule has 0 unspecified atom stereocenters. The van der Waals surface area contributed by atoms with Crippen LogP contribution < -0.4 is 5.73 Å². The number of anilines is 1. The number of hydrogen-bond acceptors (Lipinski definition) is 3. The Morgan fingerprint density at radius 2 is 2.07 bits per heavy atom. The molecule has 1 heterocycles. The van der Waals surface area contributed by atoms with Gasteiger partial charge in [0.05, 0.1) is 0 Å². The molecule has 0 fully saturated rings. The lowest BCUT2D eigenvalue weighted by Crippen LogP contribution is -2.05. The van der Waals surface area contributed by atoms with Crippen molar-refractivity contribution in [2.45, 2.75) is 32.1 Å². The summed E-state index contributed by atoms with van der Waals surface area (Å²) in [5.41, 5.74) is 5.92. The van der Waals surface area contributed by atoms with Gasteiger partial charge in [-0.05, 0) is 29.7 Å². The number of hydrogen-bond donors (Lipinski definition) is 1. The summed E-state index contributed by atoms with van der Waals surface area (Å²) in [5.74, 6) is 1.72. The fraction of sp³-hybridized carbons (Fsp3) is 0.545. The summed E-state index contributed by atoms with van der Waals surface area (Å²) >= 11 is 1.84. The van der Waals surface area contributed by atoms with Crippen molar-refractivity contribution < 1.29 is 0 Å². The second kappa shape index (κ2) is 4.69. The van der Waals surface area contributed by atoms with Crippen LogP contribution in [0.1, 0.15) is 27.2 Å². The first-order chi connectivity index (χ1) is 6.47. The molecule has 3 heteroatoms. The lowest BCUT2D eigenvalue weighted by atomic mass is 9.94. The normalized spacial score (nSPS) is 11.6. The van der Waals surface area contributed by atoms with Crippen molar-refractivity contribution in [3.05, 3.63) is 18.3 Å². The van der Waals surface area contributed by atoms with E-state index in [9.17, 15) is 0 Å². The van der Waals surface area contributed by atoms with E-state index in [1.807, 2.05) is 30.1 Å². The average molecular weight is 210 g/mol.